The number of rotatable bonds is 2. The molecule has 1 aromatic rings. The first-order valence-electron chi connectivity index (χ1n) is 3.28. The zero-order valence-electron chi connectivity index (χ0n) is 6.25. The average Bonchev–Trinajstić information content (AvgIpc) is 2.04. The third kappa shape index (κ3) is 2.02. The van der Waals surface area contributed by atoms with Crippen LogP contribution in [0.4, 0.5) is 0 Å². The lowest BCUT2D eigenvalue weighted by Crippen LogP contribution is -2.12. The van der Waals surface area contributed by atoms with Crippen LogP contribution in [0.5, 0.6) is 0 Å². The van der Waals surface area contributed by atoms with Gasteiger partial charge in [-0.05, 0) is 6.07 Å². The SMILES string of the molecule is COC(N)c1ccccc1Br. The molecule has 0 fully saturated rings. The van der Waals surface area contributed by atoms with Crippen molar-refractivity contribution in [1.82, 2.24) is 0 Å². The molecule has 2 nitrogen and oxygen atoms in total. The van der Waals surface area contributed by atoms with E-state index in [9.17, 15) is 0 Å². The smallest absolute Gasteiger partial charge is 0.132 e. The van der Waals surface area contributed by atoms with Gasteiger partial charge in [-0.15, -0.1) is 0 Å². The first-order valence-corrected chi connectivity index (χ1v) is 4.08. The Morgan fingerprint density at radius 3 is 2.64 bits per heavy atom. The van der Waals surface area contributed by atoms with Gasteiger partial charge in [-0.25, -0.2) is 0 Å². The van der Waals surface area contributed by atoms with Crippen LogP contribution in [0.1, 0.15) is 11.8 Å². The van der Waals surface area contributed by atoms with Gasteiger partial charge in [0.1, 0.15) is 6.23 Å². The zero-order valence-corrected chi connectivity index (χ0v) is 7.84. The van der Waals surface area contributed by atoms with Crippen molar-refractivity contribution in [3.63, 3.8) is 0 Å². The maximum absolute atomic E-state index is 5.64. The average molecular weight is 216 g/mol. The Morgan fingerprint density at radius 2 is 2.09 bits per heavy atom. The summed E-state index contributed by atoms with van der Waals surface area (Å²) in [6.45, 7) is 0. The van der Waals surface area contributed by atoms with Crippen LogP contribution in [0.25, 0.3) is 0 Å². The van der Waals surface area contributed by atoms with E-state index in [2.05, 4.69) is 15.9 Å². The van der Waals surface area contributed by atoms with Crippen molar-refractivity contribution in [2.75, 3.05) is 7.11 Å². The predicted octanol–water partition coefficient (Wildman–Crippen LogP) is 2.05. The molecule has 0 saturated heterocycles. The van der Waals surface area contributed by atoms with Gasteiger partial charge in [0.25, 0.3) is 0 Å². The van der Waals surface area contributed by atoms with Crippen molar-refractivity contribution in [3.05, 3.63) is 34.3 Å². The number of benzene rings is 1. The lowest BCUT2D eigenvalue weighted by molar-refractivity contribution is 0.109. The Balaban J connectivity index is 2.93. The Hall–Kier alpha value is -0.380. The van der Waals surface area contributed by atoms with E-state index in [1.807, 2.05) is 24.3 Å². The van der Waals surface area contributed by atoms with Crippen molar-refractivity contribution >= 4 is 15.9 Å². The molecule has 0 aliphatic carbocycles. The Kier molecular flexibility index (Phi) is 3.05. The minimum atomic E-state index is -0.342. The molecule has 0 radical (unpaired) electrons. The molecule has 0 aromatic heterocycles. The van der Waals surface area contributed by atoms with Gasteiger partial charge in [-0.3, -0.25) is 0 Å². The molecule has 1 aromatic carbocycles. The van der Waals surface area contributed by atoms with Crippen LogP contribution in [0.2, 0.25) is 0 Å². The molecule has 11 heavy (non-hydrogen) atoms. The van der Waals surface area contributed by atoms with E-state index in [1.54, 1.807) is 7.11 Å². The highest BCUT2D eigenvalue weighted by molar-refractivity contribution is 9.10. The lowest BCUT2D eigenvalue weighted by Gasteiger charge is -2.10. The normalized spacial score (nSPS) is 13.0. The van der Waals surface area contributed by atoms with Crippen LogP contribution in [0.3, 0.4) is 0 Å². The summed E-state index contributed by atoms with van der Waals surface area (Å²) >= 11 is 3.38. The fourth-order valence-electron chi connectivity index (χ4n) is 0.833. The van der Waals surface area contributed by atoms with Crippen LogP contribution in [0.15, 0.2) is 28.7 Å². The summed E-state index contributed by atoms with van der Waals surface area (Å²) in [5.41, 5.74) is 6.61. The molecular weight excluding hydrogens is 206 g/mol. The van der Waals surface area contributed by atoms with Crippen molar-refractivity contribution in [1.29, 1.82) is 0 Å². The van der Waals surface area contributed by atoms with Gasteiger partial charge in [0, 0.05) is 17.1 Å². The van der Waals surface area contributed by atoms with E-state index in [4.69, 9.17) is 10.5 Å². The quantitative estimate of drug-likeness (QED) is 0.768. The minimum absolute atomic E-state index is 0.342. The van der Waals surface area contributed by atoms with Gasteiger partial charge in [-0.2, -0.15) is 0 Å². The number of hydrogen-bond donors (Lipinski definition) is 1. The fourth-order valence-corrected chi connectivity index (χ4v) is 1.34. The van der Waals surface area contributed by atoms with E-state index in [0.29, 0.717) is 0 Å². The predicted molar refractivity (Wildman–Crippen MR) is 48.1 cm³/mol. The van der Waals surface area contributed by atoms with Gasteiger partial charge in [0.2, 0.25) is 0 Å². The molecular formula is C8H10BrNO. The maximum atomic E-state index is 5.64. The molecule has 0 heterocycles. The topological polar surface area (TPSA) is 35.2 Å². The van der Waals surface area contributed by atoms with Gasteiger partial charge >= 0.3 is 0 Å². The third-order valence-corrected chi connectivity index (χ3v) is 2.19. The van der Waals surface area contributed by atoms with Gasteiger partial charge < -0.3 is 10.5 Å². The molecule has 0 bridgehead atoms. The minimum Gasteiger partial charge on any atom is -0.362 e. The van der Waals surface area contributed by atoms with Crippen LogP contribution >= 0.6 is 15.9 Å². The second-order valence-electron chi connectivity index (χ2n) is 2.18. The summed E-state index contributed by atoms with van der Waals surface area (Å²) < 4.78 is 5.95. The molecule has 0 saturated carbocycles. The van der Waals surface area contributed by atoms with Crippen LogP contribution in [-0.4, -0.2) is 7.11 Å². The first kappa shape index (κ1) is 8.71. The summed E-state index contributed by atoms with van der Waals surface area (Å²) in [7, 11) is 1.59. The van der Waals surface area contributed by atoms with E-state index >= 15 is 0 Å². The molecule has 0 spiro atoms. The van der Waals surface area contributed by atoms with E-state index in [0.717, 1.165) is 10.0 Å². The van der Waals surface area contributed by atoms with Crippen LogP contribution in [0, 0.1) is 0 Å². The lowest BCUT2D eigenvalue weighted by atomic mass is 10.2. The van der Waals surface area contributed by atoms with Crippen molar-refractivity contribution in [2.45, 2.75) is 6.23 Å². The summed E-state index contributed by atoms with van der Waals surface area (Å²) in [5, 5.41) is 0. The largest absolute Gasteiger partial charge is 0.362 e. The maximum Gasteiger partial charge on any atom is 0.132 e. The second kappa shape index (κ2) is 3.85. The zero-order chi connectivity index (χ0) is 8.27. The molecule has 2 N–H and O–H groups in total. The highest BCUT2D eigenvalue weighted by Crippen LogP contribution is 2.21. The molecule has 3 heteroatoms. The first-order chi connectivity index (χ1) is 5.25. The van der Waals surface area contributed by atoms with E-state index < -0.39 is 0 Å². The van der Waals surface area contributed by atoms with Crippen molar-refractivity contribution in [3.8, 4) is 0 Å². The van der Waals surface area contributed by atoms with Gasteiger partial charge in [-0.1, -0.05) is 34.1 Å². The third-order valence-electron chi connectivity index (χ3n) is 1.47. The molecule has 60 valence electrons. The molecule has 1 rings (SSSR count). The summed E-state index contributed by atoms with van der Waals surface area (Å²) in [6.07, 6.45) is -0.342. The van der Waals surface area contributed by atoms with Crippen LogP contribution in [-0.2, 0) is 4.74 Å². The monoisotopic (exact) mass is 215 g/mol. The van der Waals surface area contributed by atoms with Crippen LogP contribution < -0.4 is 5.73 Å². The van der Waals surface area contributed by atoms with Gasteiger partial charge in [0.05, 0.1) is 0 Å². The standard InChI is InChI=1S/C8H10BrNO/c1-11-8(10)6-4-2-3-5-7(6)9/h2-5,8H,10H2,1H3. The Bertz CT molecular complexity index is 239. The Morgan fingerprint density at radius 1 is 1.45 bits per heavy atom. The number of hydrogen-bond acceptors (Lipinski definition) is 2. The molecule has 0 aliphatic rings. The molecule has 1 atom stereocenters. The fraction of sp³-hybridized carbons (Fsp3) is 0.250. The highest BCUT2D eigenvalue weighted by atomic mass is 79.9. The Labute approximate surface area is 74.5 Å². The molecule has 0 amide bonds. The van der Waals surface area contributed by atoms with E-state index in [1.165, 1.54) is 0 Å². The van der Waals surface area contributed by atoms with Crippen molar-refractivity contribution < 1.29 is 4.74 Å². The number of ether oxygens (including phenoxy) is 1. The number of methoxy groups -OCH3 is 1. The number of nitrogens with two attached hydrogens (primary N) is 1. The summed E-state index contributed by atoms with van der Waals surface area (Å²) in [6, 6.07) is 7.74. The second-order valence-corrected chi connectivity index (χ2v) is 3.03. The van der Waals surface area contributed by atoms with Crippen molar-refractivity contribution in [2.24, 2.45) is 5.73 Å². The highest BCUT2D eigenvalue weighted by Gasteiger charge is 2.05. The van der Waals surface area contributed by atoms with Gasteiger partial charge in [0.15, 0.2) is 0 Å². The number of halogens is 1. The summed E-state index contributed by atoms with van der Waals surface area (Å²) in [4.78, 5) is 0. The van der Waals surface area contributed by atoms with E-state index in [-0.39, 0.29) is 6.23 Å². The molecule has 0 aliphatic heterocycles. The molecule has 1 unspecified atom stereocenters. The summed E-state index contributed by atoms with van der Waals surface area (Å²) in [5.74, 6) is 0.